The standard InChI is InChI=1S/C14H14O2/c1-11(15)13-9-5-6-10-14(13)16-12-7-3-2-4-8-12/h2-11,15H,1H3/t11-/m0/s1. The van der Waals surface area contributed by atoms with Crippen LogP contribution in [0.25, 0.3) is 0 Å². The number of hydrogen-bond acceptors (Lipinski definition) is 2. The van der Waals surface area contributed by atoms with Gasteiger partial charge in [-0.1, -0.05) is 36.4 Å². The summed E-state index contributed by atoms with van der Waals surface area (Å²) in [7, 11) is 0. The number of para-hydroxylation sites is 2. The molecule has 0 aliphatic rings. The van der Waals surface area contributed by atoms with Gasteiger partial charge in [-0.3, -0.25) is 0 Å². The van der Waals surface area contributed by atoms with E-state index in [1.165, 1.54) is 0 Å². The first-order valence-electron chi connectivity index (χ1n) is 5.27. The van der Waals surface area contributed by atoms with Gasteiger partial charge in [0.15, 0.2) is 0 Å². The van der Waals surface area contributed by atoms with Crippen LogP contribution in [-0.4, -0.2) is 5.11 Å². The second-order valence-electron chi connectivity index (χ2n) is 3.63. The molecular formula is C14H14O2. The molecule has 1 N–H and O–H groups in total. The lowest BCUT2D eigenvalue weighted by atomic mass is 10.1. The zero-order valence-electron chi connectivity index (χ0n) is 9.13. The third-order valence-electron chi connectivity index (χ3n) is 2.34. The van der Waals surface area contributed by atoms with E-state index in [1.54, 1.807) is 6.92 Å². The van der Waals surface area contributed by atoms with Gasteiger partial charge in [-0.15, -0.1) is 0 Å². The zero-order chi connectivity index (χ0) is 11.4. The van der Waals surface area contributed by atoms with Crippen molar-refractivity contribution in [2.24, 2.45) is 0 Å². The Morgan fingerprint density at radius 3 is 2.25 bits per heavy atom. The second-order valence-corrected chi connectivity index (χ2v) is 3.63. The van der Waals surface area contributed by atoms with Gasteiger partial charge < -0.3 is 9.84 Å². The Balaban J connectivity index is 2.28. The number of aliphatic hydroxyl groups is 1. The minimum Gasteiger partial charge on any atom is -0.457 e. The molecule has 0 aliphatic heterocycles. The highest BCUT2D eigenvalue weighted by Crippen LogP contribution is 2.28. The van der Waals surface area contributed by atoms with Crippen LogP contribution in [-0.2, 0) is 0 Å². The van der Waals surface area contributed by atoms with E-state index in [0.29, 0.717) is 5.75 Å². The van der Waals surface area contributed by atoms with Gasteiger partial charge in [0.1, 0.15) is 11.5 Å². The molecule has 0 aromatic heterocycles. The van der Waals surface area contributed by atoms with Gasteiger partial charge in [-0.25, -0.2) is 0 Å². The van der Waals surface area contributed by atoms with Crippen LogP contribution >= 0.6 is 0 Å². The molecule has 0 heterocycles. The van der Waals surface area contributed by atoms with E-state index in [0.717, 1.165) is 11.3 Å². The normalized spacial score (nSPS) is 12.1. The smallest absolute Gasteiger partial charge is 0.133 e. The number of hydrogen-bond donors (Lipinski definition) is 1. The van der Waals surface area contributed by atoms with Crippen LogP contribution in [0.15, 0.2) is 54.6 Å². The van der Waals surface area contributed by atoms with E-state index in [9.17, 15) is 5.11 Å². The van der Waals surface area contributed by atoms with E-state index in [1.807, 2.05) is 54.6 Å². The van der Waals surface area contributed by atoms with Crippen LogP contribution in [0.4, 0.5) is 0 Å². The molecule has 1 atom stereocenters. The number of rotatable bonds is 3. The van der Waals surface area contributed by atoms with Gasteiger partial charge in [0.05, 0.1) is 6.10 Å². The highest BCUT2D eigenvalue weighted by Gasteiger charge is 2.08. The maximum Gasteiger partial charge on any atom is 0.133 e. The molecule has 0 amide bonds. The van der Waals surface area contributed by atoms with E-state index >= 15 is 0 Å². The fraction of sp³-hybridized carbons (Fsp3) is 0.143. The van der Waals surface area contributed by atoms with Crippen LogP contribution in [0.5, 0.6) is 11.5 Å². The Kier molecular flexibility index (Phi) is 3.22. The summed E-state index contributed by atoms with van der Waals surface area (Å²) in [6.45, 7) is 1.73. The molecule has 2 heteroatoms. The first-order chi connectivity index (χ1) is 7.77. The monoisotopic (exact) mass is 214 g/mol. The van der Waals surface area contributed by atoms with Gasteiger partial charge in [0.2, 0.25) is 0 Å². The third kappa shape index (κ3) is 2.41. The van der Waals surface area contributed by atoms with E-state index in [2.05, 4.69) is 0 Å². The van der Waals surface area contributed by atoms with Crippen molar-refractivity contribution < 1.29 is 9.84 Å². The lowest BCUT2D eigenvalue weighted by Crippen LogP contribution is -1.95. The Hall–Kier alpha value is -1.80. The molecule has 0 fully saturated rings. The zero-order valence-corrected chi connectivity index (χ0v) is 9.13. The Bertz CT molecular complexity index is 449. The summed E-state index contributed by atoms with van der Waals surface area (Å²) >= 11 is 0. The summed E-state index contributed by atoms with van der Waals surface area (Å²) in [5.74, 6) is 1.47. The van der Waals surface area contributed by atoms with Crippen molar-refractivity contribution in [3.05, 3.63) is 60.2 Å². The van der Waals surface area contributed by atoms with Gasteiger partial charge in [-0.2, -0.15) is 0 Å². The molecule has 0 spiro atoms. The van der Waals surface area contributed by atoms with E-state index in [-0.39, 0.29) is 0 Å². The Morgan fingerprint density at radius 1 is 0.938 bits per heavy atom. The summed E-state index contributed by atoms with van der Waals surface area (Å²) < 4.78 is 5.71. The molecule has 82 valence electrons. The topological polar surface area (TPSA) is 29.5 Å². The predicted molar refractivity (Wildman–Crippen MR) is 63.6 cm³/mol. The molecule has 2 rings (SSSR count). The van der Waals surface area contributed by atoms with Crippen LogP contribution in [0.3, 0.4) is 0 Å². The van der Waals surface area contributed by atoms with Crippen molar-refractivity contribution >= 4 is 0 Å². The summed E-state index contributed by atoms with van der Waals surface area (Å²) in [6.07, 6.45) is -0.528. The molecule has 2 aromatic rings. The summed E-state index contributed by atoms with van der Waals surface area (Å²) in [5, 5.41) is 9.60. The lowest BCUT2D eigenvalue weighted by molar-refractivity contribution is 0.195. The number of benzene rings is 2. The fourth-order valence-corrected chi connectivity index (χ4v) is 1.53. The van der Waals surface area contributed by atoms with E-state index < -0.39 is 6.10 Å². The first kappa shape index (κ1) is 10.7. The fourth-order valence-electron chi connectivity index (χ4n) is 1.53. The van der Waals surface area contributed by atoms with Crippen LogP contribution in [0.1, 0.15) is 18.6 Å². The SMILES string of the molecule is C[C@H](O)c1ccccc1Oc1ccccc1. The predicted octanol–water partition coefficient (Wildman–Crippen LogP) is 3.53. The molecule has 0 aliphatic carbocycles. The molecule has 0 bridgehead atoms. The van der Waals surface area contributed by atoms with Crippen molar-refractivity contribution in [2.45, 2.75) is 13.0 Å². The molecule has 2 nitrogen and oxygen atoms in total. The maximum atomic E-state index is 9.60. The highest BCUT2D eigenvalue weighted by molar-refractivity contribution is 5.38. The minimum atomic E-state index is -0.528. The van der Waals surface area contributed by atoms with Crippen molar-refractivity contribution in [3.8, 4) is 11.5 Å². The molecule has 2 aromatic carbocycles. The van der Waals surface area contributed by atoms with Crippen LogP contribution in [0, 0.1) is 0 Å². The van der Waals surface area contributed by atoms with Gasteiger partial charge >= 0.3 is 0 Å². The van der Waals surface area contributed by atoms with Gasteiger partial charge in [0.25, 0.3) is 0 Å². The summed E-state index contributed by atoms with van der Waals surface area (Å²) in [5.41, 5.74) is 0.798. The van der Waals surface area contributed by atoms with Gasteiger partial charge in [0, 0.05) is 5.56 Å². The van der Waals surface area contributed by atoms with Crippen molar-refractivity contribution in [3.63, 3.8) is 0 Å². The average molecular weight is 214 g/mol. The van der Waals surface area contributed by atoms with Crippen LogP contribution < -0.4 is 4.74 Å². The van der Waals surface area contributed by atoms with Crippen molar-refractivity contribution in [2.75, 3.05) is 0 Å². The number of aliphatic hydroxyl groups excluding tert-OH is 1. The lowest BCUT2D eigenvalue weighted by Gasteiger charge is -2.12. The summed E-state index contributed by atoms with van der Waals surface area (Å²) in [4.78, 5) is 0. The van der Waals surface area contributed by atoms with Crippen LogP contribution in [0.2, 0.25) is 0 Å². The quantitative estimate of drug-likeness (QED) is 0.846. The average Bonchev–Trinajstić information content (AvgIpc) is 2.31. The number of ether oxygens (including phenoxy) is 1. The molecule has 16 heavy (non-hydrogen) atoms. The summed E-state index contributed by atoms with van der Waals surface area (Å²) in [6, 6.07) is 17.0. The third-order valence-corrected chi connectivity index (χ3v) is 2.34. The Labute approximate surface area is 95.1 Å². The van der Waals surface area contributed by atoms with Crippen molar-refractivity contribution in [1.29, 1.82) is 0 Å². The first-order valence-corrected chi connectivity index (χ1v) is 5.27. The second kappa shape index (κ2) is 4.81. The Morgan fingerprint density at radius 2 is 1.56 bits per heavy atom. The molecule has 0 saturated heterocycles. The molecular weight excluding hydrogens is 200 g/mol. The molecule has 0 radical (unpaired) electrons. The molecule has 0 unspecified atom stereocenters. The van der Waals surface area contributed by atoms with Gasteiger partial charge in [-0.05, 0) is 25.1 Å². The molecule has 0 saturated carbocycles. The largest absolute Gasteiger partial charge is 0.457 e. The van der Waals surface area contributed by atoms with E-state index in [4.69, 9.17) is 4.74 Å². The minimum absolute atomic E-state index is 0.528. The van der Waals surface area contributed by atoms with Crippen molar-refractivity contribution in [1.82, 2.24) is 0 Å². The maximum absolute atomic E-state index is 9.60. The highest BCUT2D eigenvalue weighted by atomic mass is 16.5.